The summed E-state index contributed by atoms with van der Waals surface area (Å²) in [5.74, 6) is 0. The summed E-state index contributed by atoms with van der Waals surface area (Å²) in [7, 11) is 0. The molecule has 0 saturated carbocycles. The number of hydrogen-bond donors (Lipinski definition) is 0. The van der Waals surface area contributed by atoms with Crippen LogP contribution in [0.2, 0.25) is 0 Å². The van der Waals surface area contributed by atoms with Gasteiger partial charge in [-0.1, -0.05) is 0 Å². The molecule has 0 bridgehead atoms. The van der Waals surface area contributed by atoms with E-state index in [1.54, 1.807) is 22.6 Å². The van der Waals surface area contributed by atoms with Gasteiger partial charge in [0.1, 0.15) is 0 Å². The van der Waals surface area contributed by atoms with Gasteiger partial charge in [0.05, 0.1) is 0 Å². The normalized spacial score (nSPS) is 10.9. The summed E-state index contributed by atoms with van der Waals surface area (Å²) in [6, 6.07) is 3.37. The van der Waals surface area contributed by atoms with Crippen molar-refractivity contribution >= 4 is 48.6 Å². The van der Waals surface area contributed by atoms with Crippen LogP contribution < -0.4 is 0 Å². The second kappa shape index (κ2) is 4.57. The van der Waals surface area contributed by atoms with Crippen LogP contribution in [0.15, 0.2) is 23.2 Å². The molecule has 1 aromatic carbocycles. The van der Waals surface area contributed by atoms with Crippen LogP contribution >= 0.6 is 22.6 Å². The van der Waals surface area contributed by atoms with E-state index in [-0.39, 0.29) is 0 Å². The first-order chi connectivity index (χ1) is 6.45. The molecule has 0 heterocycles. The third-order valence-electron chi connectivity index (χ3n) is 1.44. The molecule has 0 amide bonds. The summed E-state index contributed by atoms with van der Waals surface area (Å²) in [5.41, 5.74) is -0.196. The van der Waals surface area contributed by atoms with E-state index < -0.39 is 11.7 Å². The molecule has 0 radical (unpaired) electrons. The fourth-order valence-corrected chi connectivity index (χ4v) is 1.67. The third-order valence-corrected chi connectivity index (χ3v) is 2.50. The molecular weight excluding hydrogens is 373 g/mol. The van der Waals surface area contributed by atoms with Gasteiger partial charge < -0.3 is 0 Å². The van der Waals surface area contributed by atoms with Crippen LogP contribution in [0.4, 0.5) is 18.9 Å². The summed E-state index contributed by atoms with van der Waals surface area (Å²) < 4.78 is 39.5. The van der Waals surface area contributed by atoms with Gasteiger partial charge in [0.25, 0.3) is 0 Å². The molecule has 0 aliphatic heterocycles. The van der Waals surface area contributed by atoms with Gasteiger partial charge in [-0.15, -0.1) is 0 Å². The van der Waals surface area contributed by atoms with E-state index in [9.17, 15) is 13.2 Å². The number of benzene rings is 1. The number of nitrogens with zero attached hydrogens (tertiary/aromatic N) is 1. The van der Waals surface area contributed by atoms with Crippen molar-refractivity contribution < 1.29 is 13.2 Å². The Morgan fingerprint density at radius 2 is 2.00 bits per heavy atom. The van der Waals surface area contributed by atoms with Crippen molar-refractivity contribution in [3.8, 4) is 0 Å². The Labute approximate surface area is 99.9 Å². The Balaban J connectivity index is 3.19. The molecule has 0 aromatic heterocycles. The molecule has 6 heteroatoms. The van der Waals surface area contributed by atoms with Crippen LogP contribution in [0.25, 0.3) is 0 Å². The number of aliphatic imine (C=N–C) groups is 1. The van der Waals surface area contributed by atoms with Crippen molar-refractivity contribution in [1.29, 1.82) is 0 Å². The first kappa shape index (κ1) is 11.9. The number of halogens is 4. The Kier molecular flexibility index (Phi) is 3.89. The number of hydrogen-bond acceptors (Lipinski definition) is 1. The van der Waals surface area contributed by atoms with Crippen LogP contribution in [0.1, 0.15) is 5.56 Å². The molecule has 0 unspecified atom stereocenters. The van der Waals surface area contributed by atoms with E-state index in [2.05, 4.69) is 25.3 Å². The van der Waals surface area contributed by atoms with E-state index in [0.717, 1.165) is 12.1 Å². The SMILES string of the molecule is FC(F)(F)c1ccc(N=C=[Se])c(I)c1. The predicted molar refractivity (Wildman–Crippen MR) is 57.0 cm³/mol. The molecule has 0 aliphatic carbocycles. The van der Waals surface area contributed by atoms with Gasteiger partial charge in [-0.3, -0.25) is 0 Å². The van der Waals surface area contributed by atoms with E-state index in [1.165, 1.54) is 6.07 Å². The second-order valence-corrected chi connectivity index (χ2v) is 3.91. The van der Waals surface area contributed by atoms with E-state index in [4.69, 9.17) is 0 Å². The van der Waals surface area contributed by atoms with Crippen molar-refractivity contribution in [2.45, 2.75) is 6.18 Å². The molecule has 0 fully saturated rings. The van der Waals surface area contributed by atoms with Crippen LogP contribution in [0.3, 0.4) is 0 Å². The maximum atomic E-state index is 12.2. The predicted octanol–water partition coefficient (Wildman–Crippen LogP) is 3.02. The van der Waals surface area contributed by atoms with Gasteiger partial charge in [0.15, 0.2) is 0 Å². The van der Waals surface area contributed by atoms with Crippen LogP contribution in [-0.4, -0.2) is 20.3 Å². The average molecular weight is 376 g/mol. The number of alkyl halides is 3. The van der Waals surface area contributed by atoms with E-state index in [0.29, 0.717) is 9.26 Å². The van der Waals surface area contributed by atoms with Crippen molar-refractivity contribution in [2.24, 2.45) is 4.99 Å². The Hall–Kier alpha value is -0.161. The van der Waals surface area contributed by atoms with Crippen LogP contribution in [0.5, 0.6) is 0 Å². The second-order valence-electron chi connectivity index (χ2n) is 2.37. The monoisotopic (exact) mass is 377 g/mol. The first-order valence-corrected chi connectivity index (χ1v) is 5.33. The molecule has 1 aromatic rings. The zero-order valence-corrected chi connectivity index (χ0v) is 10.5. The van der Waals surface area contributed by atoms with Crippen molar-refractivity contribution in [2.75, 3.05) is 0 Å². The average Bonchev–Trinajstić information content (AvgIpc) is 2.07. The van der Waals surface area contributed by atoms with Crippen LogP contribution in [-0.2, 0) is 6.18 Å². The van der Waals surface area contributed by atoms with Crippen molar-refractivity contribution in [3.05, 3.63) is 27.3 Å². The minimum absolute atomic E-state index is 0.445. The van der Waals surface area contributed by atoms with Gasteiger partial charge in [-0.25, -0.2) is 0 Å². The zero-order chi connectivity index (χ0) is 10.8. The minimum atomic E-state index is -4.30. The number of rotatable bonds is 1. The molecule has 0 N–H and O–H groups in total. The summed E-state index contributed by atoms with van der Waals surface area (Å²) in [5, 5.41) is 0. The van der Waals surface area contributed by atoms with Crippen molar-refractivity contribution in [1.82, 2.24) is 0 Å². The molecular formula is C8H3F3INSe. The molecule has 0 atom stereocenters. The molecule has 0 aliphatic rings. The van der Waals surface area contributed by atoms with Gasteiger partial charge in [-0.05, 0) is 0 Å². The first-order valence-electron chi connectivity index (χ1n) is 3.40. The zero-order valence-electron chi connectivity index (χ0n) is 6.60. The third kappa shape index (κ3) is 2.92. The molecule has 1 nitrogen and oxygen atoms in total. The summed E-state index contributed by atoms with van der Waals surface area (Å²) >= 11 is 4.22. The summed E-state index contributed by atoms with van der Waals surface area (Å²) in [6.07, 6.45) is -4.30. The van der Waals surface area contributed by atoms with Crippen LogP contribution in [0, 0.1) is 3.57 Å². The van der Waals surface area contributed by atoms with E-state index in [1.807, 2.05) is 0 Å². The standard InChI is InChI=1S/C8H3F3INSe/c9-8(10,11)5-1-2-7(13-4-14)6(12)3-5/h1-3H. The summed E-state index contributed by atoms with van der Waals surface area (Å²) in [4.78, 5) is 3.75. The van der Waals surface area contributed by atoms with Gasteiger partial charge in [0, 0.05) is 0 Å². The quantitative estimate of drug-likeness (QED) is 0.406. The molecule has 1 rings (SSSR count). The topological polar surface area (TPSA) is 12.4 Å². The molecule has 14 heavy (non-hydrogen) atoms. The fraction of sp³-hybridized carbons (Fsp3) is 0.125. The Morgan fingerprint density at radius 1 is 1.36 bits per heavy atom. The van der Waals surface area contributed by atoms with Gasteiger partial charge in [-0.2, -0.15) is 0 Å². The van der Waals surface area contributed by atoms with Gasteiger partial charge >= 0.3 is 100 Å². The van der Waals surface area contributed by atoms with Gasteiger partial charge in [0.2, 0.25) is 0 Å². The van der Waals surface area contributed by atoms with Crippen molar-refractivity contribution in [3.63, 3.8) is 0 Å². The Bertz CT molecular complexity index is 396. The maximum absolute atomic E-state index is 12.2. The Morgan fingerprint density at radius 3 is 2.43 bits per heavy atom. The summed E-state index contributed by atoms with van der Waals surface area (Å²) in [6.45, 7) is 0. The molecule has 0 saturated heterocycles. The fourth-order valence-electron chi connectivity index (χ4n) is 0.823. The molecule has 0 spiro atoms. The molecule has 74 valence electrons. The van der Waals surface area contributed by atoms with E-state index >= 15 is 0 Å².